The minimum absolute atomic E-state index is 0.00388. The summed E-state index contributed by atoms with van der Waals surface area (Å²) in [5.41, 5.74) is 1.12. The van der Waals surface area contributed by atoms with E-state index in [0.717, 1.165) is 25.7 Å². The Morgan fingerprint density at radius 2 is 1.55 bits per heavy atom. The van der Waals surface area contributed by atoms with Crippen LogP contribution in [0.25, 0.3) is 11.1 Å². The van der Waals surface area contributed by atoms with Crippen LogP contribution in [0.5, 0.6) is 11.5 Å². The molecule has 1 fully saturated rings. The van der Waals surface area contributed by atoms with Crippen LogP contribution in [-0.2, 0) is 10.0 Å². The number of carboxylic acid groups (broad SMARTS) is 1. The molecule has 0 unspecified atom stereocenters. The van der Waals surface area contributed by atoms with E-state index in [9.17, 15) is 18.3 Å². The molecular formula is C21H23NO6S. The molecular weight excluding hydrogens is 394 g/mol. The Hall–Kier alpha value is -2.58. The molecule has 0 amide bonds. The molecule has 0 atom stereocenters. The van der Waals surface area contributed by atoms with Crippen molar-refractivity contribution in [2.45, 2.75) is 30.6 Å². The van der Waals surface area contributed by atoms with Crippen LogP contribution in [0.1, 0.15) is 36.0 Å². The summed E-state index contributed by atoms with van der Waals surface area (Å²) in [5, 5.41) is 9.54. The van der Waals surface area contributed by atoms with Crippen LogP contribution in [0.3, 0.4) is 0 Å². The minimum atomic E-state index is -3.78. The third kappa shape index (κ3) is 4.09. The lowest BCUT2D eigenvalue weighted by Crippen LogP contribution is -2.32. The highest BCUT2D eigenvalue weighted by Gasteiger charge is 2.27. The van der Waals surface area contributed by atoms with Crippen molar-refractivity contribution in [3.8, 4) is 22.6 Å². The molecule has 0 aromatic heterocycles. The first-order valence-electron chi connectivity index (χ1n) is 9.74. The summed E-state index contributed by atoms with van der Waals surface area (Å²) in [6.45, 7) is 1.82. The van der Waals surface area contributed by atoms with Crippen LogP contribution in [0, 0.1) is 0 Å². The van der Waals surface area contributed by atoms with Crippen molar-refractivity contribution in [1.82, 2.24) is 4.31 Å². The zero-order valence-corrected chi connectivity index (χ0v) is 16.8. The van der Waals surface area contributed by atoms with Gasteiger partial charge in [0.25, 0.3) is 0 Å². The van der Waals surface area contributed by atoms with Gasteiger partial charge in [0.05, 0.1) is 10.5 Å². The van der Waals surface area contributed by atoms with E-state index in [1.54, 1.807) is 18.2 Å². The van der Waals surface area contributed by atoms with Gasteiger partial charge in [-0.1, -0.05) is 18.9 Å². The first kappa shape index (κ1) is 19.7. The first-order chi connectivity index (χ1) is 13.9. The number of hydrogen-bond donors (Lipinski definition) is 1. The molecule has 0 bridgehead atoms. The van der Waals surface area contributed by atoms with Gasteiger partial charge in [0.2, 0.25) is 10.0 Å². The van der Waals surface area contributed by atoms with E-state index in [1.807, 2.05) is 0 Å². The molecule has 1 saturated heterocycles. The number of carbonyl (C=O) groups is 1. The van der Waals surface area contributed by atoms with Gasteiger partial charge in [-0.3, -0.25) is 0 Å². The molecule has 0 radical (unpaired) electrons. The number of aromatic carboxylic acids is 1. The fraction of sp³-hybridized carbons (Fsp3) is 0.381. The van der Waals surface area contributed by atoms with Gasteiger partial charge in [-0.15, -0.1) is 0 Å². The number of carboxylic acids is 1. The first-order valence-corrected chi connectivity index (χ1v) is 11.2. The van der Waals surface area contributed by atoms with Crippen LogP contribution in [0.2, 0.25) is 0 Å². The van der Waals surface area contributed by atoms with Crippen LogP contribution in [-0.4, -0.2) is 50.1 Å². The van der Waals surface area contributed by atoms with E-state index in [1.165, 1.54) is 22.5 Å². The molecule has 2 aliphatic heterocycles. The monoisotopic (exact) mass is 417 g/mol. The third-order valence-corrected chi connectivity index (χ3v) is 7.11. The van der Waals surface area contributed by atoms with Crippen LogP contribution >= 0.6 is 0 Å². The molecule has 1 N–H and O–H groups in total. The quantitative estimate of drug-likeness (QED) is 0.820. The minimum Gasteiger partial charge on any atom is -0.486 e. The van der Waals surface area contributed by atoms with Gasteiger partial charge < -0.3 is 14.6 Å². The Bertz CT molecular complexity index is 1030. The summed E-state index contributed by atoms with van der Waals surface area (Å²) in [6.07, 6.45) is 3.63. The summed E-state index contributed by atoms with van der Waals surface area (Å²) in [6, 6.07) is 9.53. The van der Waals surface area contributed by atoms with Gasteiger partial charge in [-0.05, 0) is 54.3 Å². The predicted molar refractivity (Wildman–Crippen MR) is 107 cm³/mol. The van der Waals surface area contributed by atoms with Crippen LogP contribution in [0.4, 0.5) is 0 Å². The highest BCUT2D eigenvalue weighted by molar-refractivity contribution is 7.89. The van der Waals surface area contributed by atoms with Crippen LogP contribution < -0.4 is 9.47 Å². The Morgan fingerprint density at radius 1 is 0.862 bits per heavy atom. The molecule has 8 heteroatoms. The number of rotatable bonds is 4. The van der Waals surface area contributed by atoms with E-state index in [0.29, 0.717) is 48.9 Å². The molecule has 29 heavy (non-hydrogen) atoms. The fourth-order valence-electron chi connectivity index (χ4n) is 3.69. The molecule has 2 aromatic rings. The Kier molecular flexibility index (Phi) is 5.47. The van der Waals surface area contributed by atoms with Gasteiger partial charge in [0.1, 0.15) is 13.2 Å². The van der Waals surface area contributed by atoms with E-state index in [-0.39, 0.29) is 10.5 Å². The molecule has 0 aliphatic carbocycles. The van der Waals surface area contributed by atoms with E-state index in [4.69, 9.17) is 9.47 Å². The Morgan fingerprint density at radius 3 is 2.24 bits per heavy atom. The molecule has 7 nitrogen and oxygen atoms in total. The van der Waals surface area contributed by atoms with E-state index in [2.05, 4.69) is 0 Å². The second kappa shape index (κ2) is 8.04. The largest absolute Gasteiger partial charge is 0.486 e. The number of hydrogen-bond acceptors (Lipinski definition) is 5. The molecule has 0 saturated carbocycles. The highest BCUT2D eigenvalue weighted by Crippen LogP contribution is 2.36. The number of sulfonamides is 1. The predicted octanol–water partition coefficient (Wildman–Crippen LogP) is 3.39. The SMILES string of the molecule is O=C(O)c1cc(-c2ccc3c(c2)OCCO3)cc(S(=O)(=O)N2CCCCCC2)c1. The van der Waals surface area contributed by atoms with Crippen molar-refractivity contribution in [3.05, 3.63) is 42.0 Å². The lowest BCUT2D eigenvalue weighted by molar-refractivity contribution is 0.0696. The van der Waals surface area contributed by atoms with Crippen molar-refractivity contribution in [2.75, 3.05) is 26.3 Å². The maximum Gasteiger partial charge on any atom is 0.335 e. The number of benzene rings is 2. The summed E-state index contributed by atoms with van der Waals surface area (Å²) < 4.78 is 39.0. The Balaban J connectivity index is 1.78. The maximum absolute atomic E-state index is 13.2. The lowest BCUT2D eigenvalue weighted by atomic mass is 10.0. The number of fused-ring (bicyclic) bond motifs is 1. The van der Waals surface area contributed by atoms with E-state index >= 15 is 0 Å². The van der Waals surface area contributed by atoms with Gasteiger partial charge >= 0.3 is 5.97 Å². The van der Waals surface area contributed by atoms with Gasteiger partial charge in [0.15, 0.2) is 11.5 Å². The smallest absolute Gasteiger partial charge is 0.335 e. The topological polar surface area (TPSA) is 93.1 Å². The molecule has 2 aromatic carbocycles. The molecule has 154 valence electrons. The van der Waals surface area contributed by atoms with Crippen molar-refractivity contribution in [3.63, 3.8) is 0 Å². The molecule has 2 heterocycles. The van der Waals surface area contributed by atoms with Crippen LogP contribution in [0.15, 0.2) is 41.3 Å². The summed E-state index contributed by atoms with van der Waals surface area (Å²) >= 11 is 0. The molecule has 0 spiro atoms. The zero-order chi connectivity index (χ0) is 20.4. The van der Waals surface area contributed by atoms with Crippen molar-refractivity contribution in [1.29, 1.82) is 0 Å². The average molecular weight is 417 g/mol. The maximum atomic E-state index is 13.2. The summed E-state index contributed by atoms with van der Waals surface area (Å²) in [4.78, 5) is 11.7. The fourth-order valence-corrected chi connectivity index (χ4v) is 5.28. The second-order valence-corrected chi connectivity index (χ2v) is 9.17. The molecule has 2 aliphatic rings. The molecule has 4 rings (SSSR count). The van der Waals surface area contributed by atoms with Gasteiger partial charge in [-0.25, -0.2) is 13.2 Å². The average Bonchev–Trinajstić information content (AvgIpc) is 3.03. The third-order valence-electron chi connectivity index (χ3n) is 5.23. The summed E-state index contributed by atoms with van der Waals surface area (Å²) in [7, 11) is -3.78. The normalized spacial score (nSPS) is 17.5. The lowest BCUT2D eigenvalue weighted by Gasteiger charge is -2.21. The Labute approximate surface area is 169 Å². The van der Waals surface area contributed by atoms with Crippen molar-refractivity contribution >= 4 is 16.0 Å². The number of nitrogens with zero attached hydrogens (tertiary/aromatic N) is 1. The number of ether oxygens (including phenoxy) is 2. The van der Waals surface area contributed by atoms with Gasteiger partial charge in [0, 0.05) is 13.1 Å². The summed E-state index contributed by atoms with van der Waals surface area (Å²) in [5.74, 6) is 0.00918. The van der Waals surface area contributed by atoms with Crippen molar-refractivity contribution in [2.24, 2.45) is 0 Å². The van der Waals surface area contributed by atoms with Crippen molar-refractivity contribution < 1.29 is 27.8 Å². The zero-order valence-electron chi connectivity index (χ0n) is 16.0. The second-order valence-electron chi connectivity index (χ2n) is 7.23. The van der Waals surface area contributed by atoms with E-state index < -0.39 is 16.0 Å². The standard InChI is InChI=1S/C21H23NO6S/c23-21(24)17-11-16(15-5-6-19-20(14-15)28-10-9-27-19)12-18(13-17)29(25,26)22-7-3-1-2-4-8-22/h5-6,11-14H,1-4,7-10H2,(H,23,24). The van der Waals surface area contributed by atoms with Gasteiger partial charge in [-0.2, -0.15) is 4.31 Å². The highest BCUT2D eigenvalue weighted by atomic mass is 32.2.